The van der Waals surface area contributed by atoms with Crippen LogP contribution in [0.3, 0.4) is 0 Å². The summed E-state index contributed by atoms with van der Waals surface area (Å²) in [5.74, 6) is -0.210. The Balaban J connectivity index is 1.99. The van der Waals surface area contributed by atoms with E-state index < -0.39 is 0 Å². The fourth-order valence-electron chi connectivity index (χ4n) is 3.25. The minimum Gasteiger partial charge on any atom is -0.362 e. The zero-order valence-corrected chi connectivity index (χ0v) is 15.4. The van der Waals surface area contributed by atoms with Crippen LogP contribution in [0.15, 0.2) is 36.4 Å². The molecule has 1 aliphatic rings. The maximum Gasteiger partial charge on any atom is 0.224 e. The molecule has 0 saturated carbocycles. The molecule has 0 spiro atoms. The van der Waals surface area contributed by atoms with Gasteiger partial charge in [-0.2, -0.15) is 5.26 Å². The number of rotatable bonds is 4. The number of likely N-dealkylation sites (tertiary alicyclic amines) is 1. The van der Waals surface area contributed by atoms with Crippen molar-refractivity contribution >= 4 is 23.2 Å². The van der Waals surface area contributed by atoms with Gasteiger partial charge in [-0.1, -0.05) is 17.7 Å². The molecule has 1 heterocycles. The van der Waals surface area contributed by atoms with E-state index in [9.17, 15) is 9.18 Å². The number of halogens is 2. The van der Waals surface area contributed by atoms with E-state index in [-0.39, 0.29) is 17.8 Å². The van der Waals surface area contributed by atoms with Crippen molar-refractivity contribution in [1.29, 1.82) is 5.26 Å². The zero-order valence-electron chi connectivity index (χ0n) is 14.7. The summed E-state index contributed by atoms with van der Waals surface area (Å²) in [5.41, 5.74) is 3.05. The molecule has 0 bridgehead atoms. The number of hydrogen-bond donors (Lipinski definition) is 0. The minimum atomic E-state index is -0.289. The molecule has 2 aromatic rings. The van der Waals surface area contributed by atoms with Crippen molar-refractivity contribution in [2.24, 2.45) is 0 Å². The van der Waals surface area contributed by atoms with Gasteiger partial charge in [0.2, 0.25) is 5.91 Å². The van der Waals surface area contributed by atoms with Gasteiger partial charge in [-0.15, -0.1) is 0 Å². The van der Waals surface area contributed by atoms with Crippen LogP contribution in [-0.2, 0) is 11.3 Å². The first-order valence-corrected chi connectivity index (χ1v) is 8.72. The molecule has 26 heavy (non-hydrogen) atoms. The first-order valence-electron chi connectivity index (χ1n) is 8.34. The van der Waals surface area contributed by atoms with E-state index >= 15 is 0 Å². The molecule has 1 fully saturated rings. The van der Waals surface area contributed by atoms with Crippen LogP contribution in [0.4, 0.5) is 10.1 Å². The fraction of sp³-hybridized carbons (Fsp3) is 0.300. The van der Waals surface area contributed by atoms with Crippen molar-refractivity contribution in [3.8, 4) is 6.07 Å². The lowest BCUT2D eigenvalue weighted by molar-refractivity contribution is -0.126. The van der Waals surface area contributed by atoms with Crippen molar-refractivity contribution in [3.05, 3.63) is 63.9 Å². The van der Waals surface area contributed by atoms with Gasteiger partial charge in [-0.05, 0) is 48.4 Å². The van der Waals surface area contributed by atoms with Crippen LogP contribution in [-0.4, -0.2) is 30.4 Å². The molecule has 134 valence electrons. The van der Waals surface area contributed by atoms with Gasteiger partial charge in [0.1, 0.15) is 11.9 Å². The molecule has 0 aromatic heterocycles. The van der Waals surface area contributed by atoms with Gasteiger partial charge in [0, 0.05) is 32.2 Å². The van der Waals surface area contributed by atoms with Crippen molar-refractivity contribution in [3.63, 3.8) is 0 Å². The molecule has 0 N–H and O–H groups in total. The second-order valence-electron chi connectivity index (χ2n) is 6.61. The van der Waals surface area contributed by atoms with Gasteiger partial charge in [-0.25, -0.2) is 4.39 Å². The normalized spacial score (nSPS) is 16.7. The highest BCUT2D eigenvalue weighted by Crippen LogP contribution is 2.30. The van der Waals surface area contributed by atoms with E-state index in [2.05, 4.69) is 4.90 Å². The van der Waals surface area contributed by atoms with Gasteiger partial charge in [0.05, 0.1) is 16.6 Å². The Morgan fingerprint density at radius 1 is 1.35 bits per heavy atom. The summed E-state index contributed by atoms with van der Waals surface area (Å²) in [6, 6.07) is 11.9. The average molecular weight is 372 g/mol. The summed E-state index contributed by atoms with van der Waals surface area (Å²) < 4.78 is 13.7. The van der Waals surface area contributed by atoms with E-state index in [1.54, 1.807) is 30.1 Å². The number of benzene rings is 2. The molecule has 2 aromatic carbocycles. The third-order valence-corrected chi connectivity index (χ3v) is 5.13. The molecule has 0 aliphatic carbocycles. The maximum absolute atomic E-state index is 13.7. The number of amides is 1. The number of carbonyl (C=O) groups is 1. The van der Waals surface area contributed by atoms with Crippen molar-refractivity contribution in [2.75, 3.05) is 18.5 Å². The highest BCUT2D eigenvalue weighted by molar-refractivity contribution is 6.32. The summed E-state index contributed by atoms with van der Waals surface area (Å²) in [6.45, 7) is 2.98. The molecular formula is C20H19ClFN3O. The second kappa shape index (κ2) is 7.35. The molecule has 1 amide bonds. The average Bonchev–Trinajstić information content (AvgIpc) is 2.94. The van der Waals surface area contributed by atoms with Gasteiger partial charge >= 0.3 is 0 Å². The highest BCUT2D eigenvalue weighted by Gasteiger charge is 2.32. The van der Waals surface area contributed by atoms with Crippen LogP contribution in [0.1, 0.15) is 23.1 Å². The first-order chi connectivity index (χ1) is 12.4. The monoisotopic (exact) mass is 371 g/mol. The highest BCUT2D eigenvalue weighted by atomic mass is 35.5. The van der Waals surface area contributed by atoms with Crippen LogP contribution in [0.2, 0.25) is 5.02 Å². The number of nitrogens with zero attached hydrogens (tertiary/aromatic N) is 3. The van der Waals surface area contributed by atoms with Gasteiger partial charge < -0.3 is 9.80 Å². The number of aryl methyl sites for hydroxylation is 1. The largest absolute Gasteiger partial charge is 0.362 e. The van der Waals surface area contributed by atoms with E-state index in [4.69, 9.17) is 16.9 Å². The quantitative estimate of drug-likeness (QED) is 0.819. The number of carbonyl (C=O) groups excluding carboxylic acids is 1. The summed E-state index contributed by atoms with van der Waals surface area (Å²) in [5, 5.41) is 9.45. The third kappa shape index (κ3) is 3.66. The van der Waals surface area contributed by atoms with Crippen LogP contribution < -0.4 is 4.90 Å². The molecule has 4 nitrogen and oxygen atoms in total. The molecule has 1 aliphatic heterocycles. The predicted octanol–water partition coefficient (Wildman–Crippen LogP) is 3.90. The fourth-order valence-corrected chi connectivity index (χ4v) is 3.46. The minimum absolute atomic E-state index is 0.0424. The number of likely N-dealkylation sites (N-methyl/N-ethyl adjacent to an activating group) is 1. The Morgan fingerprint density at radius 2 is 2.12 bits per heavy atom. The predicted molar refractivity (Wildman–Crippen MR) is 99.5 cm³/mol. The van der Waals surface area contributed by atoms with Crippen LogP contribution >= 0.6 is 11.6 Å². The Kier molecular flexibility index (Phi) is 5.15. The molecule has 6 heteroatoms. The van der Waals surface area contributed by atoms with Crippen LogP contribution in [0.25, 0.3) is 0 Å². The lowest BCUT2D eigenvalue weighted by Crippen LogP contribution is -2.37. The summed E-state index contributed by atoms with van der Waals surface area (Å²) in [6.07, 6.45) is 0.391. The molecule has 3 rings (SSSR count). The topological polar surface area (TPSA) is 47.3 Å². The van der Waals surface area contributed by atoms with E-state index in [0.29, 0.717) is 30.1 Å². The number of nitriles is 1. The Bertz CT molecular complexity index is 893. The van der Waals surface area contributed by atoms with Gasteiger partial charge in [-0.3, -0.25) is 4.79 Å². The molecule has 1 saturated heterocycles. The first kappa shape index (κ1) is 18.2. The summed E-state index contributed by atoms with van der Waals surface area (Å²) in [7, 11) is 1.78. The Morgan fingerprint density at radius 3 is 2.73 bits per heavy atom. The maximum atomic E-state index is 13.7. The SMILES string of the molecule is Cc1ccc(F)cc1CN(c1ccc(C#N)c(Cl)c1)[C@H]1CC(=O)N(C)C1. The van der Waals surface area contributed by atoms with Gasteiger partial charge in [0.15, 0.2) is 0 Å². The van der Waals surface area contributed by atoms with Gasteiger partial charge in [0.25, 0.3) is 0 Å². The molecule has 1 atom stereocenters. The van der Waals surface area contributed by atoms with Crippen molar-refractivity contribution in [1.82, 2.24) is 4.90 Å². The molecule has 0 radical (unpaired) electrons. The smallest absolute Gasteiger partial charge is 0.224 e. The number of anilines is 1. The summed E-state index contributed by atoms with van der Waals surface area (Å²) in [4.78, 5) is 15.8. The standard InChI is InChI=1S/C20H19ClFN3O/c1-13-3-5-16(22)7-15(13)11-25(18-9-20(26)24(2)12-18)17-6-4-14(10-23)19(21)8-17/h3-8,18H,9,11-12H2,1-2H3/t18-/m0/s1. The summed E-state index contributed by atoms with van der Waals surface area (Å²) >= 11 is 6.21. The second-order valence-corrected chi connectivity index (χ2v) is 7.01. The van der Waals surface area contributed by atoms with Crippen molar-refractivity contribution < 1.29 is 9.18 Å². The number of hydrogen-bond acceptors (Lipinski definition) is 3. The molecule has 0 unspecified atom stereocenters. The lowest BCUT2D eigenvalue weighted by atomic mass is 10.1. The molecular weight excluding hydrogens is 353 g/mol. The lowest BCUT2D eigenvalue weighted by Gasteiger charge is -2.31. The Labute approximate surface area is 157 Å². The Hall–Kier alpha value is -2.58. The van der Waals surface area contributed by atoms with Crippen molar-refractivity contribution in [2.45, 2.75) is 25.9 Å². The van der Waals surface area contributed by atoms with Crippen LogP contribution in [0, 0.1) is 24.1 Å². The van der Waals surface area contributed by atoms with Crippen LogP contribution in [0.5, 0.6) is 0 Å². The zero-order chi connectivity index (χ0) is 18.8. The van der Waals surface area contributed by atoms with E-state index in [1.165, 1.54) is 12.1 Å². The van der Waals surface area contributed by atoms with E-state index in [1.807, 2.05) is 19.1 Å². The van der Waals surface area contributed by atoms with E-state index in [0.717, 1.165) is 16.8 Å². The third-order valence-electron chi connectivity index (χ3n) is 4.82.